The molecule has 120 valence electrons. The van der Waals surface area contributed by atoms with Crippen LogP contribution in [-0.4, -0.2) is 27.9 Å². The Kier molecular flexibility index (Phi) is 4.04. The number of carboxylic acid groups (broad SMARTS) is 1. The van der Waals surface area contributed by atoms with Crippen LogP contribution in [0, 0.1) is 0 Å². The first-order valence-corrected chi connectivity index (χ1v) is 7.17. The molecule has 1 aromatic carbocycles. The van der Waals surface area contributed by atoms with Gasteiger partial charge in [-0.25, -0.2) is 4.79 Å². The molecule has 0 spiro atoms. The second-order valence-corrected chi connectivity index (χ2v) is 6.71. The fraction of sp³-hybridized carbons (Fsp3) is 0.500. The summed E-state index contributed by atoms with van der Waals surface area (Å²) in [6.07, 6.45) is 0.800. The number of carbonyl (C=O) groups excluding carboxylic acids is 1. The molecule has 0 aromatic heterocycles. The highest BCUT2D eigenvalue weighted by Gasteiger charge is 2.47. The Labute approximate surface area is 129 Å². The van der Waals surface area contributed by atoms with E-state index in [0.29, 0.717) is 24.1 Å². The van der Waals surface area contributed by atoms with Gasteiger partial charge in [0.05, 0.1) is 6.42 Å². The van der Waals surface area contributed by atoms with Crippen molar-refractivity contribution in [1.29, 1.82) is 0 Å². The number of aromatic hydroxyl groups is 1. The van der Waals surface area contributed by atoms with E-state index in [-0.39, 0.29) is 12.2 Å². The number of hydrogen-bond acceptors (Lipinski definition) is 4. The van der Waals surface area contributed by atoms with Gasteiger partial charge in [0.15, 0.2) is 0 Å². The van der Waals surface area contributed by atoms with Crippen LogP contribution in [0.5, 0.6) is 5.75 Å². The van der Waals surface area contributed by atoms with Gasteiger partial charge in [0.25, 0.3) is 0 Å². The summed E-state index contributed by atoms with van der Waals surface area (Å²) in [5.41, 5.74) is -0.103. The van der Waals surface area contributed by atoms with Crippen LogP contribution in [0.3, 0.4) is 0 Å². The van der Waals surface area contributed by atoms with Crippen LogP contribution in [0.4, 0.5) is 10.5 Å². The summed E-state index contributed by atoms with van der Waals surface area (Å²) >= 11 is 0. The molecular weight excluding hydrogens is 286 g/mol. The van der Waals surface area contributed by atoms with Crippen LogP contribution in [0.2, 0.25) is 0 Å². The highest BCUT2D eigenvalue weighted by Crippen LogP contribution is 2.54. The maximum absolute atomic E-state index is 11.8. The zero-order valence-electron chi connectivity index (χ0n) is 13.0. The predicted molar refractivity (Wildman–Crippen MR) is 81.1 cm³/mol. The van der Waals surface area contributed by atoms with Crippen molar-refractivity contribution in [2.45, 2.75) is 51.0 Å². The third-order valence-electron chi connectivity index (χ3n) is 3.56. The van der Waals surface area contributed by atoms with E-state index >= 15 is 0 Å². The number of hydrogen-bond donors (Lipinski definition) is 3. The fourth-order valence-corrected chi connectivity index (χ4v) is 2.44. The number of aliphatic carboxylic acids is 1. The number of carboxylic acids is 1. The first-order chi connectivity index (χ1) is 10.1. The summed E-state index contributed by atoms with van der Waals surface area (Å²) < 4.78 is 5.17. The highest BCUT2D eigenvalue weighted by molar-refractivity contribution is 5.85. The zero-order chi connectivity index (χ0) is 16.5. The molecule has 3 N–H and O–H groups in total. The Hall–Kier alpha value is -2.24. The number of nitrogens with one attached hydrogen (secondary N) is 1. The van der Waals surface area contributed by atoms with Gasteiger partial charge in [0, 0.05) is 16.7 Å². The minimum atomic E-state index is -0.901. The molecule has 0 unspecified atom stereocenters. The van der Waals surface area contributed by atoms with Crippen molar-refractivity contribution < 1.29 is 24.5 Å². The molecule has 1 aliphatic carbocycles. The summed E-state index contributed by atoms with van der Waals surface area (Å²) in [6.45, 7) is 5.29. The van der Waals surface area contributed by atoms with Crippen LogP contribution in [0.15, 0.2) is 18.2 Å². The van der Waals surface area contributed by atoms with Crippen LogP contribution < -0.4 is 5.32 Å². The number of ether oxygens (including phenoxy) is 1. The number of benzene rings is 1. The highest BCUT2D eigenvalue weighted by atomic mass is 16.6. The molecule has 22 heavy (non-hydrogen) atoms. The standard InChI is InChI=1S/C16H21NO5/c1-15(2,3)22-14(21)17-10-4-5-12(18)11(8-10)16(6-7-16)9-13(19)20/h4-5,8,18H,6-7,9H2,1-3H3,(H,17,21)(H,19,20). The van der Waals surface area contributed by atoms with E-state index < -0.39 is 23.1 Å². The second kappa shape index (κ2) is 5.51. The first kappa shape index (κ1) is 16.1. The van der Waals surface area contributed by atoms with E-state index in [4.69, 9.17) is 9.84 Å². The van der Waals surface area contributed by atoms with E-state index in [1.54, 1.807) is 32.9 Å². The summed E-state index contributed by atoms with van der Waals surface area (Å²) in [5, 5.41) is 21.6. The van der Waals surface area contributed by atoms with Gasteiger partial charge in [0.1, 0.15) is 11.4 Å². The average molecular weight is 307 g/mol. The molecule has 2 rings (SSSR count). The van der Waals surface area contributed by atoms with Crippen LogP contribution in [0.25, 0.3) is 0 Å². The Bertz CT molecular complexity index is 599. The molecule has 0 atom stereocenters. The maximum Gasteiger partial charge on any atom is 0.412 e. The van der Waals surface area contributed by atoms with Crippen molar-refractivity contribution >= 4 is 17.7 Å². The number of rotatable bonds is 4. The number of amides is 1. The number of anilines is 1. The lowest BCUT2D eigenvalue weighted by molar-refractivity contribution is -0.137. The fourth-order valence-electron chi connectivity index (χ4n) is 2.44. The van der Waals surface area contributed by atoms with Crippen molar-refractivity contribution in [2.75, 3.05) is 5.32 Å². The summed E-state index contributed by atoms with van der Waals surface area (Å²) in [5.74, 6) is -0.851. The van der Waals surface area contributed by atoms with E-state index in [1.807, 2.05) is 0 Å². The third-order valence-corrected chi connectivity index (χ3v) is 3.56. The van der Waals surface area contributed by atoms with Crippen molar-refractivity contribution in [2.24, 2.45) is 0 Å². The van der Waals surface area contributed by atoms with Gasteiger partial charge in [-0.2, -0.15) is 0 Å². The van der Waals surface area contributed by atoms with Crippen LogP contribution >= 0.6 is 0 Å². The van der Waals surface area contributed by atoms with E-state index in [0.717, 1.165) is 0 Å². The minimum Gasteiger partial charge on any atom is -0.508 e. The van der Waals surface area contributed by atoms with Crippen molar-refractivity contribution in [3.8, 4) is 5.75 Å². The lowest BCUT2D eigenvalue weighted by Crippen LogP contribution is -2.27. The molecule has 1 aromatic rings. The largest absolute Gasteiger partial charge is 0.508 e. The first-order valence-electron chi connectivity index (χ1n) is 7.17. The molecular formula is C16H21NO5. The molecule has 0 heterocycles. The van der Waals surface area contributed by atoms with Gasteiger partial charge in [0.2, 0.25) is 0 Å². The molecule has 0 bridgehead atoms. The van der Waals surface area contributed by atoms with Gasteiger partial charge in [-0.15, -0.1) is 0 Å². The molecule has 0 saturated heterocycles. The lowest BCUT2D eigenvalue weighted by atomic mass is 9.91. The molecule has 6 heteroatoms. The normalized spacial score (nSPS) is 16.0. The molecule has 1 aliphatic rings. The van der Waals surface area contributed by atoms with Gasteiger partial charge >= 0.3 is 12.1 Å². The number of phenolic OH excluding ortho intramolecular Hbond substituents is 1. The van der Waals surface area contributed by atoms with E-state index in [9.17, 15) is 14.7 Å². The molecule has 1 fully saturated rings. The van der Waals surface area contributed by atoms with Gasteiger partial charge in [-0.3, -0.25) is 10.1 Å². The van der Waals surface area contributed by atoms with Gasteiger partial charge < -0.3 is 14.9 Å². The average Bonchev–Trinajstić information content (AvgIpc) is 3.09. The topological polar surface area (TPSA) is 95.9 Å². The Balaban J connectivity index is 2.17. The lowest BCUT2D eigenvalue weighted by Gasteiger charge is -2.20. The predicted octanol–water partition coefficient (Wildman–Crippen LogP) is 3.25. The van der Waals surface area contributed by atoms with Gasteiger partial charge in [-0.05, 0) is 51.8 Å². The van der Waals surface area contributed by atoms with Gasteiger partial charge in [-0.1, -0.05) is 0 Å². The van der Waals surface area contributed by atoms with Crippen molar-refractivity contribution in [1.82, 2.24) is 0 Å². The van der Waals surface area contributed by atoms with Crippen molar-refractivity contribution in [3.05, 3.63) is 23.8 Å². The summed E-state index contributed by atoms with van der Waals surface area (Å²) in [6, 6.07) is 4.64. The van der Waals surface area contributed by atoms with E-state index in [2.05, 4.69) is 5.32 Å². The Morgan fingerprint density at radius 2 is 1.95 bits per heavy atom. The maximum atomic E-state index is 11.8. The summed E-state index contributed by atoms with van der Waals surface area (Å²) in [7, 11) is 0. The third kappa shape index (κ3) is 3.90. The number of phenols is 1. The Morgan fingerprint density at radius 3 is 2.45 bits per heavy atom. The van der Waals surface area contributed by atoms with E-state index in [1.165, 1.54) is 6.07 Å². The molecule has 1 saturated carbocycles. The molecule has 0 aliphatic heterocycles. The second-order valence-electron chi connectivity index (χ2n) is 6.71. The Morgan fingerprint density at radius 1 is 1.32 bits per heavy atom. The molecule has 6 nitrogen and oxygen atoms in total. The van der Waals surface area contributed by atoms with Crippen LogP contribution in [-0.2, 0) is 14.9 Å². The smallest absolute Gasteiger partial charge is 0.412 e. The minimum absolute atomic E-state index is 0.0313. The monoisotopic (exact) mass is 307 g/mol. The molecule has 0 radical (unpaired) electrons. The SMILES string of the molecule is CC(C)(C)OC(=O)Nc1ccc(O)c(C2(CC(=O)O)CC2)c1. The van der Waals surface area contributed by atoms with Crippen LogP contribution in [0.1, 0.15) is 45.6 Å². The summed E-state index contributed by atoms with van der Waals surface area (Å²) in [4.78, 5) is 22.8. The number of carbonyl (C=O) groups is 2. The van der Waals surface area contributed by atoms with Crippen molar-refractivity contribution in [3.63, 3.8) is 0 Å². The quantitative estimate of drug-likeness (QED) is 0.742. The molecule has 1 amide bonds. The zero-order valence-corrected chi connectivity index (χ0v) is 13.0.